The highest BCUT2D eigenvalue weighted by atomic mass is 35.5. The van der Waals surface area contributed by atoms with Gasteiger partial charge in [0.25, 0.3) is 5.91 Å². The van der Waals surface area contributed by atoms with Crippen LogP contribution in [0.5, 0.6) is 5.75 Å². The number of halogens is 2. The van der Waals surface area contributed by atoms with Crippen LogP contribution in [-0.2, 0) is 10.3 Å². The largest absolute Gasteiger partial charge is 0.494 e. The first-order valence-corrected chi connectivity index (χ1v) is 7.70. The zero-order valence-electron chi connectivity index (χ0n) is 13.7. The van der Waals surface area contributed by atoms with Crippen LogP contribution in [-0.4, -0.2) is 26.7 Å². The molecule has 2 aromatic carbocycles. The molecule has 1 unspecified atom stereocenters. The Hall–Kier alpha value is -2.11. The van der Waals surface area contributed by atoms with E-state index in [0.717, 1.165) is 11.6 Å². The molecule has 4 nitrogen and oxygen atoms in total. The molecule has 6 heteroatoms. The highest BCUT2D eigenvalue weighted by molar-refractivity contribution is 6.30. The van der Waals surface area contributed by atoms with Crippen LogP contribution in [0.4, 0.5) is 4.39 Å². The normalized spacial score (nSPS) is 13.2. The first kappa shape index (κ1) is 18.2. The summed E-state index contributed by atoms with van der Waals surface area (Å²) in [4.78, 5) is 12.3. The lowest BCUT2D eigenvalue weighted by Gasteiger charge is -2.29. The van der Waals surface area contributed by atoms with E-state index >= 15 is 0 Å². The van der Waals surface area contributed by atoms with Gasteiger partial charge in [0.05, 0.1) is 13.7 Å². The zero-order chi connectivity index (χ0) is 17.7. The zero-order valence-corrected chi connectivity index (χ0v) is 14.5. The second kappa shape index (κ2) is 7.64. The van der Waals surface area contributed by atoms with Crippen LogP contribution in [0.25, 0.3) is 0 Å². The fourth-order valence-corrected chi connectivity index (χ4v) is 2.46. The quantitative estimate of drug-likeness (QED) is 0.861. The molecule has 1 N–H and O–H groups in total. The maximum absolute atomic E-state index is 13.7. The van der Waals surface area contributed by atoms with Gasteiger partial charge in [-0.25, -0.2) is 4.39 Å². The molecule has 0 saturated carbocycles. The number of ether oxygens (including phenoxy) is 2. The van der Waals surface area contributed by atoms with Crippen molar-refractivity contribution in [3.05, 3.63) is 64.4 Å². The summed E-state index contributed by atoms with van der Waals surface area (Å²) in [6.07, 6.45) is 0. The molecule has 0 radical (unpaired) electrons. The van der Waals surface area contributed by atoms with Crippen molar-refractivity contribution in [2.45, 2.75) is 12.5 Å². The van der Waals surface area contributed by atoms with Crippen molar-refractivity contribution < 1.29 is 18.7 Å². The number of nitrogens with one attached hydrogen (secondary N) is 1. The summed E-state index contributed by atoms with van der Waals surface area (Å²) >= 11 is 6.02. The number of amides is 1. The van der Waals surface area contributed by atoms with E-state index in [1.165, 1.54) is 19.2 Å². The van der Waals surface area contributed by atoms with Crippen molar-refractivity contribution in [2.75, 3.05) is 20.8 Å². The summed E-state index contributed by atoms with van der Waals surface area (Å²) in [6.45, 7) is 2.05. The van der Waals surface area contributed by atoms with Gasteiger partial charge in [-0.15, -0.1) is 0 Å². The Kier molecular flexibility index (Phi) is 5.80. The standard InChI is InChI=1S/C18H19ClFNO3/c1-18(24-3,13-5-4-6-14(19)10-13)11-21-17(22)12-7-8-16(23-2)15(20)9-12/h4-10H,11H2,1-3H3,(H,21,22). The molecule has 0 spiro atoms. The van der Waals surface area contributed by atoms with Crippen LogP contribution in [0.2, 0.25) is 5.02 Å². The second-order valence-corrected chi connectivity index (χ2v) is 5.91. The molecular weight excluding hydrogens is 333 g/mol. The second-order valence-electron chi connectivity index (χ2n) is 5.48. The Balaban J connectivity index is 2.12. The minimum atomic E-state index is -0.758. The van der Waals surface area contributed by atoms with Crippen LogP contribution < -0.4 is 10.1 Å². The first-order chi connectivity index (χ1) is 11.4. The van der Waals surface area contributed by atoms with Crippen LogP contribution in [0.1, 0.15) is 22.8 Å². The van der Waals surface area contributed by atoms with Gasteiger partial charge in [0.15, 0.2) is 11.6 Å². The van der Waals surface area contributed by atoms with Crippen molar-refractivity contribution in [2.24, 2.45) is 0 Å². The third kappa shape index (κ3) is 4.04. The summed E-state index contributed by atoms with van der Waals surface area (Å²) in [7, 11) is 2.92. The Labute approximate surface area is 145 Å². The molecule has 0 aliphatic heterocycles. The SMILES string of the molecule is COc1ccc(C(=O)NCC(C)(OC)c2cccc(Cl)c2)cc1F. The minimum absolute atomic E-state index is 0.0900. The van der Waals surface area contributed by atoms with E-state index in [4.69, 9.17) is 21.1 Å². The Morgan fingerprint density at radius 3 is 2.58 bits per heavy atom. The third-order valence-corrected chi connectivity index (χ3v) is 4.12. The smallest absolute Gasteiger partial charge is 0.251 e. The van der Waals surface area contributed by atoms with E-state index < -0.39 is 17.3 Å². The van der Waals surface area contributed by atoms with Gasteiger partial charge in [0.1, 0.15) is 5.60 Å². The monoisotopic (exact) mass is 351 g/mol. The van der Waals surface area contributed by atoms with Gasteiger partial charge in [-0.2, -0.15) is 0 Å². The summed E-state index contributed by atoms with van der Waals surface area (Å²) in [5.74, 6) is -0.899. The molecule has 0 saturated heterocycles. The summed E-state index contributed by atoms with van der Waals surface area (Å²) in [5.41, 5.74) is 0.280. The maximum atomic E-state index is 13.7. The van der Waals surface area contributed by atoms with Gasteiger partial charge >= 0.3 is 0 Å². The van der Waals surface area contributed by atoms with Crippen LogP contribution in [0.15, 0.2) is 42.5 Å². The van der Waals surface area contributed by atoms with E-state index in [0.29, 0.717) is 5.02 Å². The molecule has 2 rings (SSSR count). The van der Waals surface area contributed by atoms with Crippen LogP contribution >= 0.6 is 11.6 Å². The molecule has 0 fully saturated rings. The molecule has 128 valence electrons. The fourth-order valence-electron chi connectivity index (χ4n) is 2.27. The lowest BCUT2D eigenvalue weighted by atomic mass is 9.95. The number of hydrogen-bond donors (Lipinski definition) is 1. The van der Waals surface area contributed by atoms with Crippen molar-refractivity contribution in [1.82, 2.24) is 5.32 Å². The molecule has 24 heavy (non-hydrogen) atoms. The van der Waals surface area contributed by atoms with E-state index in [1.54, 1.807) is 19.2 Å². The minimum Gasteiger partial charge on any atom is -0.494 e. The fraction of sp³-hybridized carbons (Fsp3) is 0.278. The first-order valence-electron chi connectivity index (χ1n) is 7.32. The number of hydrogen-bond acceptors (Lipinski definition) is 3. The predicted molar refractivity (Wildman–Crippen MR) is 91.1 cm³/mol. The lowest BCUT2D eigenvalue weighted by molar-refractivity contribution is 0.00315. The van der Waals surface area contributed by atoms with Crippen molar-refractivity contribution in [1.29, 1.82) is 0 Å². The summed E-state index contributed by atoms with van der Waals surface area (Å²) < 4.78 is 24.1. The average Bonchev–Trinajstić information content (AvgIpc) is 2.59. The average molecular weight is 352 g/mol. The van der Waals surface area contributed by atoms with E-state index in [-0.39, 0.29) is 17.9 Å². The Morgan fingerprint density at radius 2 is 2.00 bits per heavy atom. The third-order valence-electron chi connectivity index (χ3n) is 3.89. The molecule has 1 amide bonds. The highest BCUT2D eigenvalue weighted by Crippen LogP contribution is 2.26. The van der Waals surface area contributed by atoms with Gasteiger partial charge in [0.2, 0.25) is 0 Å². The molecule has 2 aromatic rings. The van der Waals surface area contributed by atoms with Crippen LogP contribution in [0, 0.1) is 5.82 Å². The van der Waals surface area contributed by atoms with E-state index in [2.05, 4.69) is 5.32 Å². The van der Waals surface area contributed by atoms with Crippen molar-refractivity contribution >= 4 is 17.5 Å². The van der Waals surface area contributed by atoms with Crippen molar-refractivity contribution in [3.8, 4) is 5.75 Å². The summed E-state index contributed by atoms with van der Waals surface area (Å²) in [6, 6.07) is 11.3. The molecule has 0 aromatic heterocycles. The maximum Gasteiger partial charge on any atom is 0.251 e. The van der Waals surface area contributed by atoms with Crippen LogP contribution in [0.3, 0.4) is 0 Å². The van der Waals surface area contributed by atoms with Crippen molar-refractivity contribution in [3.63, 3.8) is 0 Å². The molecule has 1 atom stereocenters. The molecule has 0 bridgehead atoms. The highest BCUT2D eigenvalue weighted by Gasteiger charge is 2.27. The number of benzene rings is 2. The van der Waals surface area contributed by atoms with E-state index in [1.807, 2.05) is 19.1 Å². The van der Waals surface area contributed by atoms with Gasteiger partial charge in [-0.1, -0.05) is 23.7 Å². The number of rotatable bonds is 6. The number of carbonyl (C=O) groups excluding carboxylic acids is 1. The Bertz CT molecular complexity index is 738. The van der Waals surface area contributed by atoms with Gasteiger partial charge in [0, 0.05) is 17.7 Å². The summed E-state index contributed by atoms with van der Waals surface area (Å²) in [5, 5.41) is 3.34. The number of carbonyl (C=O) groups is 1. The van der Waals surface area contributed by atoms with E-state index in [9.17, 15) is 9.18 Å². The molecular formula is C18H19ClFNO3. The Morgan fingerprint density at radius 1 is 1.25 bits per heavy atom. The van der Waals surface area contributed by atoms with Gasteiger partial charge in [-0.05, 0) is 42.8 Å². The number of methoxy groups -OCH3 is 2. The lowest BCUT2D eigenvalue weighted by Crippen LogP contribution is -2.40. The predicted octanol–water partition coefficient (Wildman–Crippen LogP) is 3.78. The topological polar surface area (TPSA) is 47.6 Å². The molecule has 0 aliphatic carbocycles. The molecule has 0 aliphatic rings. The van der Waals surface area contributed by atoms with Gasteiger partial charge < -0.3 is 14.8 Å². The molecule has 0 heterocycles. The van der Waals surface area contributed by atoms with Gasteiger partial charge in [-0.3, -0.25) is 4.79 Å².